The van der Waals surface area contributed by atoms with Crippen LogP contribution in [0.3, 0.4) is 0 Å². The smallest absolute Gasteiger partial charge is 0.406 e. The molecule has 174 valence electrons. The van der Waals surface area contributed by atoms with Gasteiger partial charge in [-0.2, -0.15) is 4.98 Å². The van der Waals surface area contributed by atoms with Crippen molar-refractivity contribution < 1.29 is 32.1 Å². The summed E-state index contributed by atoms with van der Waals surface area (Å²) in [5.41, 5.74) is -1.76. The normalized spacial score (nSPS) is 13.2. The molecule has 0 N–H and O–H groups in total. The zero-order valence-corrected chi connectivity index (χ0v) is 18.9. The number of benzene rings is 2. The first-order chi connectivity index (χ1) is 15.6. The first kappa shape index (κ1) is 23.9. The number of rotatable bonds is 9. The zero-order chi connectivity index (χ0) is 24.2. The number of nitrogens with zero attached hydrogens (tertiary/aromatic N) is 3. The van der Waals surface area contributed by atoms with Gasteiger partial charge in [0.15, 0.2) is 9.84 Å². The van der Waals surface area contributed by atoms with Crippen molar-refractivity contribution in [2.75, 3.05) is 19.5 Å². The number of aryl methyl sites for hydroxylation is 1. The van der Waals surface area contributed by atoms with Crippen molar-refractivity contribution >= 4 is 15.8 Å². The van der Waals surface area contributed by atoms with E-state index in [0.717, 1.165) is 5.56 Å². The van der Waals surface area contributed by atoms with Crippen LogP contribution in [0.4, 0.5) is 0 Å². The van der Waals surface area contributed by atoms with Crippen molar-refractivity contribution in [2.45, 2.75) is 24.3 Å². The average Bonchev–Trinajstić information content (AvgIpc) is 3.28. The molecule has 11 nitrogen and oxygen atoms in total. The topological polar surface area (TPSA) is 152 Å². The van der Waals surface area contributed by atoms with Crippen LogP contribution in [-0.2, 0) is 24.9 Å². The Morgan fingerprint density at radius 2 is 1.79 bits per heavy atom. The Bertz CT molecular complexity index is 1250. The Balaban J connectivity index is 2.11. The summed E-state index contributed by atoms with van der Waals surface area (Å²) < 4.78 is 41.2. The van der Waals surface area contributed by atoms with Gasteiger partial charge in [-0.25, -0.2) is 13.2 Å². The number of hydrogen-bond acceptors (Lipinski definition) is 10. The van der Waals surface area contributed by atoms with Gasteiger partial charge in [0.25, 0.3) is 0 Å². The van der Waals surface area contributed by atoms with Crippen LogP contribution in [0.1, 0.15) is 18.4 Å². The first-order valence-electron chi connectivity index (χ1n) is 9.74. The minimum absolute atomic E-state index is 0.0732. The number of ether oxygens (including phenoxy) is 2. The molecule has 0 spiro atoms. The van der Waals surface area contributed by atoms with Gasteiger partial charge < -0.3 is 14.0 Å². The van der Waals surface area contributed by atoms with Crippen LogP contribution in [0.15, 0.2) is 57.9 Å². The van der Waals surface area contributed by atoms with Gasteiger partial charge in [0.1, 0.15) is 11.5 Å². The molecule has 33 heavy (non-hydrogen) atoms. The van der Waals surface area contributed by atoms with Crippen LogP contribution in [0.2, 0.25) is 0 Å². The highest BCUT2D eigenvalue weighted by atomic mass is 32.2. The van der Waals surface area contributed by atoms with Crippen LogP contribution in [0, 0.1) is 17.0 Å². The van der Waals surface area contributed by atoms with Crippen LogP contribution in [-0.4, -0.2) is 48.9 Å². The third-order valence-corrected chi connectivity index (χ3v) is 6.62. The summed E-state index contributed by atoms with van der Waals surface area (Å²) in [5, 5.41) is 15.9. The van der Waals surface area contributed by atoms with Gasteiger partial charge >= 0.3 is 17.4 Å². The highest BCUT2D eigenvalue weighted by Gasteiger charge is 2.62. The lowest BCUT2D eigenvalue weighted by Gasteiger charge is -2.19. The van der Waals surface area contributed by atoms with Gasteiger partial charge in [-0.15, -0.1) is 0 Å². The molecular weight excluding hydrogens is 454 g/mol. The number of hydrogen-bond donors (Lipinski definition) is 0. The summed E-state index contributed by atoms with van der Waals surface area (Å²) in [6.45, 7) is 2.97. The van der Waals surface area contributed by atoms with Gasteiger partial charge in [-0.1, -0.05) is 22.9 Å². The number of carbonyl (C=O) groups excluding carboxylic acids is 1. The molecule has 2 aromatic carbocycles. The maximum Gasteiger partial charge on any atom is 0.406 e. The van der Waals surface area contributed by atoms with Crippen LogP contribution >= 0.6 is 0 Å². The van der Waals surface area contributed by atoms with E-state index in [4.69, 9.17) is 14.0 Å². The zero-order valence-electron chi connectivity index (χ0n) is 18.0. The molecule has 0 aliphatic carbocycles. The number of nitro groups is 1. The van der Waals surface area contributed by atoms with Gasteiger partial charge in [0.2, 0.25) is 5.82 Å². The SMILES string of the molecule is CCOC(=O)C(CS(=O)(=O)c1ccc(C)cc1)(c1nc(-c2ccc(OC)cc2)no1)[N+](=O)[O-]. The number of sulfone groups is 1. The average molecular weight is 475 g/mol. The number of methoxy groups -OCH3 is 1. The lowest BCUT2D eigenvalue weighted by atomic mass is 10.0. The summed E-state index contributed by atoms with van der Waals surface area (Å²) in [6, 6.07) is 12.1. The maximum atomic E-state index is 13.1. The van der Waals surface area contributed by atoms with E-state index in [1.165, 1.54) is 26.2 Å². The second-order valence-electron chi connectivity index (χ2n) is 7.06. The minimum atomic E-state index is -4.34. The summed E-state index contributed by atoms with van der Waals surface area (Å²) in [7, 11) is -2.86. The highest BCUT2D eigenvalue weighted by Crippen LogP contribution is 2.32. The van der Waals surface area contributed by atoms with E-state index in [0.29, 0.717) is 11.3 Å². The largest absolute Gasteiger partial charge is 0.497 e. The van der Waals surface area contributed by atoms with Gasteiger partial charge in [-0.3, -0.25) is 10.1 Å². The minimum Gasteiger partial charge on any atom is -0.497 e. The van der Waals surface area contributed by atoms with Crippen molar-refractivity contribution in [3.05, 3.63) is 70.1 Å². The standard InChI is InChI=1S/C21H21N3O8S/c1-4-31-20(25)21(24(26)27,13-33(28,29)17-11-5-14(2)6-12-17)19-22-18(23-32-19)15-7-9-16(30-3)10-8-15/h5-12H,4,13H2,1-3H3. The number of aromatic nitrogens is 2. The second-order valence-corrected chi connectivity index (χ2v) is 9.05. The maximum absolute atomic E-state index is 13.1. The Morgan fingerprint density at radius 1 is 1.15 bits per heavy atom. The van der Waals surface area contributed by atoms with E-state index in [9.17, 15) is 23.3 Å². The molecule has 0 saturated heterocycles. The predicted molar refractivity (Wildman–Crippen MR) is 115 cm³/mol. The van der Waals surface area contributed by atoms with Crippen LogP contribution in [0.25, 0.3) is 11.4 Å². The molecule has 1 aromatic heterocycles. The Labute approximate surface area is 189 Å². The van der Waals surface area contributed by atoms with E-state index in [2.05, 4.69) is 10.1 Å². The molecule has 0 radical (unpaired) electrons. The van der Waals surface area contributed by atoms with Crippen molar-refractivity contribution in [1.29, 1.82) is 0 Å². The Kier molecular flexibility index (Phi) is 6.77. The van der Waals surface area contributed by atoms with E-state index >= 15 is 0 Å². The van der Waals surface area contributed by atoms with Crippen molar-refractivity contribution in [2.24, 2.45) is 0 Å². The lowest BCUT2D eigenvalue weighted by molar-refractivity contribution is -0.561. The lowest BCUT2D eigenvalue weighted by Crippen LogP contribution is -2.50. The fraction of sp³-hybridized carbons (Fsp3) is 0.286. The molecule has 0 amide bonds. The van der Waals surface area contributed by atoms with Gasteiger partial charge in [-0.05, 0) is 50.2 Å². The van der Waals surface area contributed by atoms with Crippen LogP contribution in [0.5, 0.6) is 5.75 Å². The molecule has 1 heterocycles. The summed E-state index contributed by atoms with van der Waals surface area (Å²) in [5.74, 6) is -3.00. The quantitative estimate of drug-likeness (QED) is 0.256. The van der Waals surface area contributed by atoms with Crippen molar-refractivity contribution in [1.82, 2.24) is 10.1 Å². The number of carbonyl (C=O) groups is 1. The predicted octanol–water partition coefficient (Wildman–Crippen LogP) is 2.56. The molecule has 12 heteroatoms. The molecular formula is C21H21N3O8S. The Morgan fingerprint density at radius 3 is 2.33 bits per heavy atom. The molecule has 3 aromatic rings. The fourth-order valence-electron chi connectivity index (χ4n) is 3.02. The molecule has 1 atom stereocenters. The summed E-state index contributed by atoms with van der Waals surface area (Å²) in [6.07, 6.45) is 0. The van der Waals surface area contributed by atoms with E-state index in [1.807, 2.05) is 0 Å². The monoisotopic (exact) mass is 475 g/mol. The van der Waals surface area contributed by atoms with Crippen LogP contribution < -0.4 is 4.74 Å². The highest BCUT2D eigenvalue weighted by molar-refractivity contribution is 7.91. The molecule has 0 saturated carbocycles. The van der Waals surface area contributed by atoms with Gasteiger partial charge in [0, 0.05) is 10.5 Å². The molecule has 0 fully saturated rings. The third-order valence-electron chi connectivity index (χ3n) is 4.83. The summed E-state index contributed by atoms with van der Waals surface area (Å²) >= 11 is 0. The second kappa shape index (κ2) is 9.36. The Hall–Kier alpha value is -3.80. The molecule has 3 rings (SSSR count). The molecule has 0 aliphatic rings. The summed E-state index contributed by atoms with van der Waals surface area (Å²) in [4.78, 5) is 27.8. The van der Waals surface area contributed by atoms with E-state index < -0.39 is 37.9 Å². The van der Waals surface area contributed by atoms with E-state index in [-0.39, 0.29) is 17.3 Å². The fourth-order valence-corrected chi connectivity index (χ4v) is 4.63. The van der Waals surface area contributed by atoms with Crippen molar-refractivity contribution in [3.8, 4) is 17.1 Å². The first-order valence-corrected chi connectivity index (χ1v) is 11.4. The van der Waals surface area contributed by atoms with Crippen molar-refractivity contribution in [3.63, 3.8) is 0 Å². The third kappa shape index (κ3) is 4.70. The molecule has 1 unspecified atom stereocenters. The van der Waals surface area contributed by atoms with Gasteiger partial charge in [0.05, 0.1) is 18.6 Å². The number of esters is 1. The van der Waals surface area contributed by atoms with E-state index in [1.54, 1.807) is 43.3 Å². The molecule has 0 bridgehead atoms. The molecule has 0 aliphatic heterocycles.